The molecule has 1 atom stereocenters. The maximum Gasteiger partial charge on any atom is 0.322 e. The first-order valence-electron chi connectivity index (χ1n) is 7.80. The van der Waals surface area contributed by atoms with Crippen molar-refractivity contribution >= 4 is 38.7 Å². The van der Waals surface area contributed by atoms with Crippen LogP contribution in [0.15, 0.2) is 46.0 Å². The molecule has 1 unspecified atom stereocenters. The summed E-state index contributed by atoms with van der Waals surface area (Å²) >= 11 is 6.83. The molecule has 0 amide bonds. The van der Waals surface area contributed by atoms with Crippen molar-refractivity contribution < 1.29 is 23.1 Å². The van der Waals surface area contributed by atoms with Crippen molar-refractivity contribution in [1.29, 1.82) is 0 Å². The summed E-state index contributed by atoms with van der Waals surface area (Å²) in [6.45, 7) is 0.483. The lowest BCUT2D eigenvalue weighted by atomic mass is 10.1. The second kappa shape index (κ2) is 9.22. The van der Waals surface area contributed by atoms with Crippen LogP contribution < -0.4 is 4.74 Å². The number of hydrogen-bond acceptors (Lipinski definition) is 5. The van der Waals surface area contributed by atoms with Crippen molar-refractivity contribution in [1.82, 2.24) is 0 Å². The Labute approximate surface area is 156 Å². The van der Waals surface area contributed by atoms with E-state index in [2.05, 4.69) is 0 Å². The van der Waals surface area contributed by atoms with E-state index in [0.717, 1.165) is 11.3 Å². The molecule has 8 heteroatoms. The Morgan fingerprint density at radius 2 is 1.88 bits per heavy atom. The number of carboxylic acids is 1. The van der Waals surface area contributed by atoms with Gasteiger partial charge in [-0.15, -0.1) is 11.3 Å². The van der Waals surface area contributed by atoms with E-state index in [1.807, 2.05) is 0 Å². The number of aliphatic carboxylic acids is 1. The van der Waals surface area contributed by atoms with Crippen molar-refractivity contribution in [3.63, 3.8) is 0 Å². The Hall–Kier alpha value is -1.57. The molecular formula is C17H19ClO5S2. The van der Waals surface area contributed by atoms with E-state index in [1.54, 1.807) is 35.7 Å². The molecule has 1 N–H and O–H groups in total. The summed E-state index contributed by atoms with van der Waals surface area (Å²) in [7, 11) is -3.82. The molecule has 0 radical (unpaired) electrons. The molecular weight excluding hydrogens is 384 g/mol. The molecule has 5 nitrogen and oxygen atoms in total. The molecule has 0 aliphatic carbocycles. The molecule has 25 heavy (non-hydrogen) atoms. The molecule has 2 rings (SSSR count). The van der Waals surface area contributed by atoms with Gasteiger partial charge in [0.2, 0.25) is 9.84 Å². The zero-order valence-electron chi connectivity index (χ0n) is 13.4. The molecule has 0 spiro atoms. The average Bonchev–Trinajstić information content (AvgIpc) is 3.10. The molecule has 0 fully saturated rings. The van der Waals surface area contributed by atoms with E-state index in [9.17, 15) is 18.3 Å². The van der Waals surface area contributed by atoms with Crippen LogP contribution in [0.3, 0.4) is 0 Å². The lowest BCUT2D eigenvalue weighted by molar-refractivity contribution is -0.136. The van der Waals surface area contributed by atoms with Crippen LogP contribution in [0.5, 0.6) is 5.75 Å². The molecule has 0 bridgehead atoms. The third-order valence-electron chi connectivity index (χ3n) is 3.62. The number of thiophene rings is 1. The Bertz CT molecular complexity index is 770. The van der Waals surface area contributed by atoms with Gasteiger partial charge in [0, 0.05) is 5.02 Å². The average molecular weight is 403 g/mol. The summed E-state index contributed by atoms with van der Waals surface area (Å²) in [5.41, 5.74) is 0. The van der Waals surface area contributed by atoms with Gasteiger partial charge in [0.05, 0.1) is 6.61 Å². The molecule has 1 aromatic heterocycles. The Kier molecular flexibility index (Phi) is 7.28. The Morgan fingerprint density at radius 3 is 2.48 bits per heavy atom. The Balaban J connectivity index is 1.76. The summed E-state index contributed by atoms with van der Waals surface area (Å²) in [5.74, 6) is -0.584. The van der Waals surface area contributed by atoms with Crippen LogP contribution in [0.4, 0.5) is 0 Å². The number of benzene rings is 1. The highest BCUT2D eigenvalue weighted by Crippen LogP contribution is 2.24. The van der Waals surface area contributed by atoms with Crippen molar-refractivity contribution in [2.75, 3.05) is 6.61 Å². The minimum Gasteiger partial charge on any atom is -0.494 e. The number of sulfone groups is 1. The zero-order chi connectivity index (χ0) is 18.3. The molecule has 0 aliphatic rings. The highest BCUT2D eigenvalue weighted by molar-refractivity contribution is 7.94. The van der Waals surface area contributed by atoms with E-state index in [1.165, 1.54) is 6.07 Å². The fourth-order valence-electron chi connectivity index (χ4n) is 2.31. The monoisotopic (exact) mass is 402 g/mol. The first-order valence-corrected chi connectivity index (χ1v) is 10.6. The van der Waals surface area contributed by atoms with Gasteiger partial charge in [-0.05, 0) is 48.6 Å². The van der Waals surface area contributed by atoms with Gasteiger partial charge in [0.1, 0.15) is 9.96 Å². The van der Waals surface area contributed by atoms with E-state index < -0.39 is 21.1 Å². The smallest absolute Gasteiger partial charge is 0.322 e. The molecule has 1 heterocycles. The van der Waals surface area contributed by atoms with Gasteiger partial charge in [0.15, 0.2) is 5.25 Å². The largest absolute Gasteiger partial charge is 0.494 e. The summed E-state index contributed by atoms with van der Waals surface area (Å²) in [4.78, 5) is 11.4. The maximum atomic E-state index is 12.4. The van der Waals surface area contributed by atoms with Crippen LogP contribution in [0.1, 0.15) is 25.7 Å². The topological polar surface area (TPSA) is 80.7 Å². The van der Waals surface area contributed by atoms with Crippen molar-refractivity contribution in [3.8, 4) is 5.75 Å². The predicted octanol–water partition coefficient (Wildman–Crippen LogP) is 4.27. The van der Waals surface area contributed by atoms with E-state index >= 15 is 0 Å². The van der Waals surface area contributed by atoms with Crippen LogP contribution in [-0.2, 0) is 14.6 Å². The quantitative estimate of drug-likeness (QED) is 0.600. The third-order valence-corrected chi connectivity index (χ3v) is 7.40. The molecule has 0 saturated heterocycles. The Morgan fingerprint density at radius 1 is 1.16 bits per heavy atom. The van der Waals surface area contributed by atoms with Crippen LogP contribution in [0, 0.1) is 0 Å². The number of unbranched alkanes of at least 4 members (excludes halogenated alkanes) is 2. The maximum absolute atomic E-state index is 12.4. The summed E-state index contributed by atoms with van der Waals surface area (Å²) < 4.78 is 30.4. The lowest BCUT2D eigenvalue weighted by Gasteiger charge is -2.12. The second-order valence-electron chi connectivity index (χ2n) is 5.46. The van der Waals surface area contributed by atoms with Crippen molar-refractivity contribution in [3.05, 3.63) is 46.8 Å². The van der Waals surface area contributed by atoms with Gasteiger partial charge in [-0.2, -0.15) is 0 Å². The lowest BCUT2D eigenvalue weighted by Crippen LogP contribution is -2.29. The fraction of sp³-hybridized carbons (Fsp3) is 0.353. The molecule has 2 aromatic rings. The molecule has 136 valence electrons. The number of halogens is 1. The van der Waals surface area contributed by atoms with Crippen LogP contribution in [0.25, 0.3) is 0 Å². The van der Waals surface area contributed by atoms with Crippen LogP contribution >= 0.6 is 22.9 Å². The van der Waals surface area contributed by atoms with Crippen molar-refractivity contribution in [2.45, 2.75) is 35.1 Å². The zero-order valence-corrected chi connectivity index (χ0v) is 15.8. The highest BCUT2D eigenvalue weighted by atomic mass is 35.5. The third kappa shape index (κ3) is 5.73. The van der Waals surface area contributed by atoms with Gasteiger partial charge in [-0.1, -0.05) is 30.5 Å². The second-order valence-corrected chi connectivity index (χ2v) is 9.20. The predicted molar refractivity (Wildman–Crippen MR) is 98.3 cm³/mol. The normalized spacial score (nSPS) is 12.7. The van der Waals surface area contributed by atoms with E-state index in [-0.39, 0.29) is 10.6 Å². The number of ether oxygens (including phenoxy) is 1. The minimum atomic E-state index is -3.82. The molecule has 1 aromatic carbocycles. The van der Waals surface area contributed by atoms with Gasteiger partial charge in [0.25, 0.3) is 0 Å². The highest BCUT2D eigenvalue weighted by Gasteiger charge is 2.34. The van der Waals surface area contributed by atoms with Crippen LogP contribution in [0.2, 0.25) is 5.02 Å². The number of carbonyl (C=O) groups is 1. The first-order chi connectivity index (χ1) is 11.9. The minimum absolute atomic E-state index is 0.0938. The number of rotatable bonds is 10. The van der Waals surface area contributed by atoms with Gasteiger partial charge in [-0.3, -0.25) is 4.79 Å². The number of carboxylic acid groups (broad SMARTS) is 1. The summed E-state index contributed by atoms with van der Waals surface area (Å²) in [6.07, 6.45) is 2.01. The summed E-state index contributed by atoms with van der Waals surface area (Å²) in [6, 6.07) is 10.1. The first kappa shape index (κ1) is 19.8. The summed E-state index contributed by atoms with van der Waals surface area (Å²) in [5, 5.41) is 10.1. The van der Waals surface area contributed by atoms with Crippen molar-refractivity contribution in [2.24, 2.45) is 0 Å². The molecule has 0 saturated carbocycles. The standard InChI is InChI=1S/C17H19ClO5S2/c18-13-7-9-14(10-8-13)23-11-3-1-2-5-15(17(19)20)25(21,22)16-6-4-12-24-16/h4,6-10,12,15H,1-3,5,11H2,(H,19,20). The van der Waals surface area contributed by atoms with E-state index in [4.69, 9.17) is 16.3 Å². The van der Waals surface area contributed by atoms with Crippen LogP contribution in [-0.4, -0.2) is 31.4 Å². The number of hydrogen-bond donors (Lipinski definition) is 1. The van der Waals surface area contributed by atoms with E-state index in [0.29, 0.717) is 36.6 Å². The van der Waals surface area contributed by atoms with Gasteiger partial charge >= 0.3 is 5.97 Å². The van der Waals surface area contributed by atoms with Gasteiger partial charge < -0.3 is 9.84 Å². The molecule has 0 aliphatic heterocycles. The fourth-order valence-corrected chi connectivity index (χ4v) is 5.22. The van der Waals surface area contributed by atoms with Gasteiger partial charge in [-0.25, -0.2) is 8.42 Å². The SMILES string of the molecule is O=C(O)C(CCCCCOc1ccc(Cl)cc1)S(=O)(=O)c1cccs1.